The van der Waals surface area contributed by atoms with E-state index in [-0.39, 0.29) is 10.8 Å². The third kappa shape index (κ3) is 1.30. The highest BCUT2D eigenvalue weighted by Gasteiger charge is 1.99. The fourth-order valence-electron chi connectivity index (χ4n) is 0.518. The standard InChI is InChI=1S/C6H6ClNO2/c1-10-6-2-4(7)5(9)3-8-6/h2-3,9H,1H3. The second-order valence-corrected chi connectivity index (χ2v) is 2.09. The lowest BCUT2D eigenvalue weighted by Crippen LogP contribution is -1.85. The molecule has 0 bridgehead atoms. The molecule has 0 fully saturated rings. The largest absolute Gasteiger partial charge is 0.505 e. The zero-order chi connectivity index (χ0) is 7.56. The Hall–Kier alpha value is -0.960. The van der Waals surface area contributed by atoms with E-state index in [9.17, 15) is 0 Å². The number of halogens is 1. The summed E-state index contributed by atoms with van der Waals surface area (Å²) in [6, 6.07) is 1.44. The molecule has 1 heterocycles. The van der Waals surface area contributed by atoms with Crippen LogP contribution in [0.2, 0.25) is 5.02 Å². The number of aromatic hydroxyl groups is 1. The van der Waals surface area contributed by atoms with E-state index in [1.54, 1.807) is 0 Å². The van der Waals surface area contributed by atoms with Crippen molar-refractivity contribution in [3.63, 3.8) is 0 Å². The molecule has 1 aromatic heterocycles. The Labute approximate surface area is 63.2 Å². The van der Waals surface area contributed by atoms with Gasteiger partial charge in [-0.05, 0) is 0 Å². The molecule has 0 aliphatic heterocycles. The molecule has 1 N–H and O–H groups in total. The first-order valence-electron chi connectivity index (χ1n) is 2.62. The molecule has 0 aliphatic carbocycles. The maximum atomic E-state index is 8.89. The summed E-state index contributed by atoms with van der Waals surface area (Å²) in [6.07, 6.45) is 1.24. The summed E-state index contributed by atoms with van der Waals surface area (Å²) < 4.78 is 4.74. The summed E-state index contributed by atoms with van der Waals surface area (Å²) in [7, 11) is 1.48. The van der Waals surface area contributed by atoms with Gasteiger partial charge in [-0.1, -0.05) is 11.6 Å². The van der Waals surface area contributed by atoms with E-state index in [0.717, 1.165) is 0 Å². The minimum atomic E-state index is -0.0394. The number of aromatic nitrogens is 1. The van der Waals surface area contributed by atoms with Crippen molar-refractivity contribution in [1.29, 1.82) is 0 Å². The number of pyridine rings is 1. The van der Waals surface area contributed by atoms with Crippen molar-refractivity contribution >= 4 is 11.6 Å². The third-order valence-electron chi connectivity index (χ3n) is 1.02. The maximum absolute atomic E-state index is 8.89. The number of ether oxygens (including phenoxy) is 1. The second-order valence-electron chi connectivity index (χ2n) is 1.68. The normalized spacial score (nSPS) is 9.40. The fourth-order valence-corrected chi connectivity index (χ4v) is 0.660. The van der Waals surface area contributed by atoms with Crippen molar-refractivity contribution < 1.29 is 9.84 Å². The van der Waals surface area contributed by atoms with E-state index in [0.29, 0.717) is 5.88 Å². The Morgan fingerprint density at radius 3 is 2.90 bits per heavy atom. The molecular weight excluding hydrogens is 154 g/mol. The van der Waals surface area contributed by atoms with E-state index >= 15 is 0 Å². The Morgan fingerprint density at radius 2 is 2.40 bits per heavy atom. The van der Waals surface area contributed by atoms with Crippen LogP contribution in [0.25, 0.3) is 0 Å². The molecule has 0 aromatic carbocycles. The summed E-state index contributed by atoms with van der Waals surface area (Å²) in [5.74, 6) is 0.352. The second kappa shape index (κ2) is 2.75. The fraction of sp³-hybridized carbons (Fsp3) is 0.167. The first-order chi connectivity index (χ1) is 4.74. The average molecular weight is 160 g/mol. The topological polar surface area (TPSA) is 42.4 Å². The van der Waals surface area contributed by atoms with Crippen LogP contribution in [0.5, 0.6) is 11.6 Å². The molecule has 3 nitrogen and oxygen atoms in total. The van der Waals surface area contributed by atoms with Crippen molar-refractivity contribution in [2.75, 3.05) is 7.11 Å². The number of rotatable bonds is 1. The summed E-state index contributed by atoms with van der Waals surface area (Å²) in [5.41, 5.74) is 0. The van der Waals surface area contributed by atoms with E-state index < -0.39 is 0 Å². The van der Waals surface area contributed by atoms with Crippen LogP contribution >= 0.6 is 11.6 Å². The minimum Gasteiger partial charge on any atom is -0.505 e. The van der Waals surface area contributed by atoms with E-state index in [2.05, 4.69) is 4.98 Å². The molecule has 10 heavy (non-hydrogen) atoms. The molecule has 1 aromatic rings. The highest BCUT2D eigenvalue weighted by atomic mass is 35.5. The van der Waals surface area contributed by atoms with Gasteiger partial charge in [-0.25, -0.2) is 4.98 Å². The lowest BCUT2D eigenvalue weighted by molar-refractivity contribution is 0.394. The highest BCUT2D eigenvalue weighted by molar-refractivity contribution is 6.32. The van der Waals surface area contributed by atoms with Crippen LogP contribution in [0.4, 0.5) is 0 Å². The lowest BCUT2D eigenvalue weighted by atomic mass is 10.4. The maximum Gasteiger partial charge on any atom is 0.214 e. The van der Waals surface area contributed by atoms with Crippen LogP contribution < -0.4 is 4.74 Å². The third-order valence-corrected chi connectivity index (χ3v) is 1.32. The zero-order valence-corrected chi connectivity index (χ0v) is 6.09. The van der Waals surface area contributed by atoms with Crippen LogP contribution in [-0.4, -0.2) is 17.2 Å². The summed E-state index contributed by atoms with van der Waals surface area (Å²) in [4.78, 5) is 3.70. The molecular formula is C6H6ClNO2. The molecule has 0 radical (unpaired) electrons. The Balaban J connectivity index is 3.04. The smallest absolute Gasteiger partial charge is 0.214 e. The molecule has 4 heteroatoms. The number of nitrogens with zero attached hydrogens (tertiary/aromatic N) is 1. The molecule has 0 atom stereocenters. The quantitative estimate of drug-likeness (QED) is 0.675. The molecule has 0 saturated heterocycles. The molecule has 0 unspecified atom stereocenters. The summed E-state index contributed by atoms with van der Waals surface area (Å²) in [5, 5.41) is 9.13. The monoisotopic (exact) mass is 159 g/mol. The van der Waals surface area contributed by atoms with Crippen LogP contribution in [0.1, 0.15) is 0 Å². The van der Waals surface area contributed by atoms with E-state index in [1.807, 2.05) is 0 Å². The van der Waals surface area contributed by atoms with Gasteiger partial charge >= 0.3 is 0 Å². The molecule has 1 rings (SSSR count). The highest BCUT2D eigenvalue weighted by Crippen LogP contribution is 2.24. The number of hydrogen-bond acceptors (Lipinski definition) is 3. The Kier molecular flexibility index (Phi) is 1.97. The van der Waals surface area contributed by atoms with Gasteiger partial charge in [-0.3, -0.25) is 0 Å². The Morgan fingerprint density at radius 1 is 1.70 bits per heavy atom. The Bertz CT molecular complexity index is 239. The van der Waals surface area contributed by atoms with E-state index in [1.165, 1.54) is 19.4 Å². The molecule has 54 valence electrons. The van der Waals surface area contributed by atoms with Crippen LogP contribution in [-0.2, 0) is 0 Å². The van der Waals surface area contributed by atoms with Gasteiger partial charge in [-0.2, -0.15) is 0 Å². The lowest BCUT2D eigenvalue weighted by Gasteiger charge is -1.98. The molecule has 0 spiro atoms. The van der Waals surface area contributed by atoms with Gasteiger partial charge in [0, 0.05) is 6.07 Å². The summed E-state index contributed by atoms with van der Waals surface area (Å²) in [6.45, 7) is 0. The SMILES string of the molecule is COc1cc(Cl)c(O)cn1. The van der Waals surface area contributed by atoms with Crippen LogP contribution in [0.15, 0.2) is 12.3 Å². The van der Waals surface area contributed by atoms with Gasteiger partial charge in [0.2, 0.25) is 5.88 Å². The van der Waals surface area contributed by atoms with Gasteiger partial charge in [0.05, 0.1) is 18.3 Å². The molecule has 0 saturated carbocycles. The van der Waals surface area contributed by atoms with Gasteiger partial charge in [0.15, 0.2) is 5.75 Å². The van der Waals surface area contributed by atoms with Crippen molar-refractivity contribution in [2.24, 2.45) is 0 Å². The average Bonchev–Trinajstić information content (AvgIpc) is 1.95. The first kappa shape index (κ1) is 7.15. The molecule has 0 amide bonds. The van der Waals surface area contributed by atoms with Gasteiger partial charge < -0.3 is 9.84 Å². The van der Waals surface area contributed by atoms with Gasteiger partial charge in [-0.15, -0.1) is 0 Å². The number of hydrogen-bond donors (Lipinski definition) is 1. The molecule has 0 aliphatic rings. The first-order valence-corrected chi connectivity index (χ1v) is 3.00. The summed E-state index contributed by atoms with van der Waals surface area (Å²) >= 11 is 5.52. The zero-order valence-electron chi connectivity index (χ0n) is 5.34. The van der Waals surface area contributed by atoms with E-state index in [4.69, 9.17) is 21.4 Å². The number of methoxy groups -OCH3 is 1. The van der Waals surface area contributed by atoms with Crippen molar-refractivity contribution in [2.45, 2.75) is 0 Å². The van der Waals surface area contributed by atoms with Crippen molar-refractivity contribution in [3.05, 3.63) is 17.3 Å². The minimum absolute atomic E-state index is 0.0394. The predicted molar refractivity (Wildman–Crippen MR) is 37.5 cm³/mol. The van der Waals surface area contributed by atoms with Crippen molar-refractivity contribution in [3.8, 4) is 11.6 Å². The van der Waals surface area contributed by atoms with Gasteiger partial charge in [0.1, 0.15) is 0 Å². The predicted octanol–water partition coefficient (Wildman–Crippen LogP) is 1.45. The van der Waals surface area contributed by atoms with Crippen molar-refractivity contribution in [1.82, 2.24) is 4.98 Å². The van der Waals surface area contributed by atoms with Gasteiger partial charge in [0.25, 0.3) is 0 Å². The van der Waals surface area contributed by atoms with Crippen LogP contribution in [0.3, 0.4) is 0 Å². The van der Waals surface area contributed by atoms with Crippen LogP contribution in [0, 0.1) is 0 Å².